The lowest BCUT2D eigenvalue weighted by Crippen LogP contribution is -2.28. The number of anilines is 1. The monoisotopic (exact) mass is 450 g/mol. The minimum Gasteiger partial charge on any atom is -0.443 e. The van der Waals surface area contributed by atoms with Gasteiger partial charge in [0.25, 0.3) is 0 Å². The van der Waals surface area contributed by atoms with Crippen LogP contribution < -0.4 is 5.32 Å². The third-order valence-corrected chi connectivity index (χ3v) is 5.98. The smallest absolute Gasteiger partial charge is 0.420 e. The molecule has 1 unspecified atom stereocenters. The maximum atomic E-state index is 12.9. The van der Waals surface area contributed by atoms with E-state index in [-0.39, 0.29) is 18.2 Å². The van der Waals surface area contributed by atoms with Gasteiger partial charge in [-0.05, 0) is 57.5 Å². The molecular weight excluding hydrogens is 428 g/mol. The van der Waals surface area contributed by atoms with Gasteiger partial charge in [0, 0.05) is 22.8 Å². The molecule has 3 aromatic rings. The van der Waals surface area contributed by atoms with Crippen LogP contribution in [-0.4, -0.2) is 33.8 Å². The van der Waals surface area contributed by atoms with Crippen LogP contribution in [0.3, 0.4) is 0 Å². The summed E-state index contributed by atoms with van der Waals surface area (Å²) in [7, 11) is 0. The van der Waals surface area contributed by atoms with E-state index < -0.39 is 17.3 Å². The number of benzene rings is 1. The van der Waals surface area contributed by atoms with Gasteiger partial charge in [-0.25, -0.2) is 14.3 Å². The number of nitriles is 1. The van der Waals surface area contributed by atoms with Crippen LogP contribution in [0.5, 0.6) is 0 Å². The van der Waals surface area contributed by atoms with Crippen molar-refractivity contribution in [2.45, 2.75) is 38.9 Å². The normalized spacial score (nSPS) is 18.3. The molecule has 3 heterocycles. The number of carbonyl (C=O) groups is 2. The summed E-state index contributed by atoms with van der Waals surface area (Å²) >= 11 is 1.43. The summed E-state index contributed by atoms with van der Waals surface area (Å²) in [6.07, 6.45) is 1.04. The minimum absolute atomic E-state index is 0.118. The molecule has 0 spiro atoms. The fraction of sp³-hybridized carbons (Fsp3) is 0.304. The van der Waals surface area contributed by atoms with Crippen LogP contribution in [0.2, 0.25) is 0 Å². The largest absolute Gasteiger partial charge is 0.443 e. The molecule has 1 amide bonds. The van der Waals surface area contributed by atoms with Gasteiger partial charge in [-0.3, -0.25) is 4.79 Å². The highest BCUT2D eigenvalue weighted by Gasteiger charge is 2.38. The summed E-state index contributed by atoms with van der Waals surface area (Å²) in [4.78, 5) is 29.5. The van der Waals surface area contributed by atoms with Crippen molar-refractivity contribution in [2.75, 3.05) is 11.9 Å². The molecule has 164 valence electrons. The van der Waals surface area contributed by atoms with E-state index in [9.17, 15) is 14.9 Å². The van der Waals surface area contributed by atoms with Crippen LogP contribution >= 0.6 is 11.3 Å². The predicted octanol–water partition coefficient (Wildman–Crippen LogP) is 4.50. The van der Waals surface area contributed by atoms with E-state index >= 15 is 0 Å². The summed E-state index contributed by atoms with van der Waals surface area (Å²) in [6, 6.07) is 10.7. The molecule has 0 bridgehead atoms. The van der Waals surface area contributed by atoms with Crippen LogP contribution in [0.4, 0.5) is 10.5 Å². The summed E-state index contributed by atoms with van der Waals surface area (Å²) in [6.45, 7) is 7.04. The van der Waals surface area contributed by atoms with E-state index in [4.69, 9.17) is 9.47 Å². The Bertz CT molecular complexity index is 1230. The Kier molecular flexibility index (Phi) is 5.36. The number of carbonyl (C=O) groups excluding carboxylic acids is 2. The maximum Gasteiger partial charge on any atom is 0.420 e. The number of hydrogen-bond acceptors (Lipinski definition) is 7. The van der Waals surface area contributed by atoms with Crippen molar-refractivity contribution in [3.8, 4) is 17.3 Å². The average Bonchev–Trinajstić information content (AvgIpc) is 3.39. The number of aromatic nitrogens is 2. The summed E-state index contributed by atoms with van der Waals surface area (Å²) < 4.78 is 12.8. The number of amides is 1. The van der Waals surface area contributed by atoms with Crippen molar-refractivity contribution < 1.29 is 19.1 Å². The topological polar surface area (TPSA) is 106 Å². The Morgan fingerprint density at radius 2 is 2.12 bits per heavy atom. The van der Waals surface area contributed by atoms with Crippen molar-refractivity contribution in [1.29, 1.82) is 5.26 Å². The first-order chi connectivity index (χ1) is 15.1. The summed E-state index contributed by atoms with van der Waals surface area (Å²) in [5, 5.41) is 15.0. The second kappa shape index (κ2) is 7.89. The number of nitrogens with one attached hydrogen (secondary N) is 1. The van der Waals surface area contributed by atoms with Gasteiger partial charge in [0.2, 0.25) is 5.91 Å². The number of rotatable bonds is 2. The van der Waals surface area contributed by atoms with Crippen molar-refractivity contribution in [2.24, 2.45) is 0 Å². The van der Waals surface area contributed by atoms with E-state index in [2.05, 4.69) is 10.3 Å². The van der Waals surface area contributed by atoms with Crippen LogP contribution in [-0.2, 0) is 19.9 Å². The van der Waals surface area contributed by atoms with Gasteiger partial charge in [0.1, 0.15) is 34.6 Å². The van der Waals surface area contributed by atoms with Gasteiger partial charge >= 0.3 is 6.09 Å². The molecule has 1 aliphatic heterocycles. The Morgan fingerprint density at radius 3 is 2.78 bits per heavy atom. The first-order valence-electron chi connectivity index (χ1n) is 9.96. The van der Waals surface area contributed by atoms with E-state index in [1.54, 1.807) is 51.2 Å². The molecule has 9 heteroatoms. The zero-order chi connectivity index (χ0) is 23.1. The first-order valence-corrected chi connectivity index (χ1v) is 10.8. The van der Waals surface area contributed by atoms with Crippen molar-refractivity contribution in [3.05, 3.63) is 58.2 Å². The molecule has 1 atom stereocenters. The van der Waals surface area contributed by atoms with Crippen LogP contribution in [0.15, 0.2) is 41.9 Å². The average molecular weight is 451 g/mol. The molecule has 8 nitrogen and oxygen atoms in total. The lowest BCUT2D eigenvalue weighted by Gasteiger charge is -2.28. The predicted molar refractivity (Wildman–Crippen MR) is 119 cm³/mol. The number of ether oxygens (including phenoxy) is 2. The van der Waals surface area contributed by atoms with E-state index in [0.29, 0.717) is 27.5 Å². The van der Waals surface area contributed by atoms with Crippen molar-refractivity contribution in [3.63, 3.8) is 0 Å². The Labute approximate surface area is 189 Å². The highest BCUT2D eigenvalue weighted by atomic mass is 32.1. The molecule has 2 aromatic heterocycles. The summed E-state index contributed by atoms with van der Waals surface area (Å²) in [5.41, 5.74) is 0.933. The molecule has 0 saturated carbocycles. The second-order valence-electron chi connectivity index (χ2n) is 8.50. The zero-order valence-corrected chi connectivity index (χ0v) is 18.9. The third kappa shape index (κ3) is 3.90. The van der Waals surface area contributed by atoms with Gasteiger partial charge in [-0.15, -0.1) is 11.3 Å². The molecular formula is C23H22N4O4S. The quantitative estimate of drug-likeness (QED) is 0.616. The fourth-order valence-electron chi connectivity index (χ4n) is 3.57. The first kappa shape index (κ1) is 21.7. The standard InChI is InChI=1S/C23H22N4O4S/c1-22(2,3)31-21(29)27-15(12-24)6-8-18(27)14-5-7-17-16(11-14)23(4,20-25-9-10-32-20)30-13-19(28)26-17/h5-11H,13H2,1-4H3,(H,26,28). The highest BCUT2D eigenvalue weighted by molar-refractivity contribution is 7.09. The molecule has 1 N–H and O–H groups in total. The van der Waals surface area contributed by atoms with Crippen LogP contribution in [0, 0.1) is 11.3 Å². The van der Waals surface area contributed by atoms with Gasteiger partial charge in [0.05, 0.1) is 5.69 Å². The number of thiazole rings is 1. The molecule has 0 fully saturated rings. The number of hydrogen-bond donors (Lipinski definition) is 1. The van der Waals surface area contributed by atoms with Gasteiger partial charge in [-0.1, -0.05) is 6.07 Å². The van der Waals surface area contributed by atoms with Crippen molar-refractivity contribution in [1.82, 2.24) is 9.55 Å². The lowest BCUT2D eigenvalue weighted by molar-refractivity contribution is -0.124. The van der Waals surface area contributed by atoms with Crippen LogP contribution in [0.25, 0.3) is 11.3 Å². The Balaban J connectivity index is 1.87. The van der Waals surface area contributed by atoms with E-state index in [1.165, 1.54) is 15.9 Å². The zero-order valence-electron chi connectivity index (χ0n) is 18.1. The maximum absolute atomic E-state index is 12.9. The number of fused-ring (bicyclic) bond motifs is 1. The molecule has 4 rings (SSSR count). The second-order valence-corrected chi connectivity index (χ2v) is 9.39. The third-order valence-electron chi connectivity index (χ3n) is 5.01. The Hall–Kier alpha value is -3.48. The van der Waals surface area contributed by atoms with Gasteiger partial charge < -0.3 is 14.8 Å². The lowest BCUT2D eigenvalue weighted by atomic mass is 9.92. The summed E-state index contributed by atoms with van der Waals surface area (Å²) in [5.74, 6) is -0.261. The highest BCUT2D eigenvalue weighted by Crippen LogP contribution is 2.42. The molecule has 1 aromatic carbocycles. The fourth-order valence-corrected chi connectivity index (χ4v) is 4.34. The van der Waals surface area contributed by atoms with E-state index in [1.807, 2.05) is 24.4 Å². The SMILES string of the molecule is CC(C)(C)OC(=O)n1c(C#N)ccc1-c1ccc2c(c1)C(C)(c1nccs1)OCC(=O)N2. The van der Waals surface area contributed by atoms with E-state index in [0.717, 1.165) is 0 Å². The molecule has 0 radical (unpaired) electrons. The molecule has 1 aliphatic rings. The Morgan fingerprint density at radius 1 is 1.34 bits per heavy atom. The molecule has 32 heavy (non-hydrogen) atoms. The molecule has 0 saturated heterocycles. The number of nitrogens with zero attached hydrogens (tertiary/aromatic N) is 3. The van der Waals surface area contributed by atoms with Crippen LogP contribution in [0.1, 0.15) is 44.0 Å². The van der Waals surface area contributed by atoms with Gasteiger partial charge in [-0.2, -0.15) is 5.26 Å². The molecule has 0 aliphatic carbocycles. The minimum atomic E-state index is -0.972. The van der Waals surface area contributed by atoms with Crippen molar-refractivity contribution >= 4 is 29.0 Å². The van der Waals surface area contributed by atoms with Gasteiger partial charge in [0.15, 0.2) is 0 Å².